The normalized spacial score (nSPS) is 10.7. The summed E-state index contributed by atoms with van der Waals surface area (Å²) >= 11 is 0. The Kier molecular flexibility index (Phi) is 4.18. The van der Waals surface area contributed by atoms with Crippen LogP contribution >= 0.6 is 0 Å². The van der Waals surface area contributed by atoms with E-state index >= 15 is 0 Å². The summed E-state index contributed by atoms with van der Waals surface area (Å²) in [5.41, 5.74) is 1.83. The average Bonchev–Trinajstić information content (AvgIpc) is 3.17. The number of carbonyl (C=O) groups excluding carboxylic acids is 2. The second-order valence-corrected chi connectivity index (χ2v) is 5.39. The molecular weight excluding hydrogens is 326 g/mol. The summed E-state index contributed by atoms with van der Waals surface area (Å²) in [6.45, 7) is 1.69. The second-order valence-electron chi connectivity index (χ2n) is 5.39. The summed E-state index contributed by atoms with van der Waals surface area (Å²) in [7, 11) is 4.39. The van der Waals surface area contributed by atoms with Crippen LogP contribution in [0.2, 0.25) is 0 Å². The van der Waals surface area contributed by atoms with Crippen LogP contribution in [-0.4, -0.2) is 35.9 Å². The van der Waals surface area contributed by atoms with Crippen LogP contribution < -0.4 is 10.1 Å². The Hall–Kier alpha value is -3.29. The lowest BCUT2D eigenvalue weighted by Gasteiger charge is -2.09. The molecule has 2 heterocycles. The highest BCUT2D eigenvalue weighted by Crippen LogP contribution is 2.29. The lowest BCUT2D eigenvalue weighted by Crippen LogP contribution is -2.17. The predicted molar refractivity (Wildman–Crippen MR) is 90.0 cm³/mol. The van der Waals surface area contributed by atoms with Gasteiger partial charge >= 0.3 is 5.97 Å². The Balaban J connectivity index is 2.00. The molecule has 1 aromatic carbocycles. The monoisotopic (exact) mass is 343 g/mol. The molecule has 1 N–H and O–H groups in total. The number of esters is 1. The third-order valence-electron chi connectivity index (χ3n) is 3.86. The zero-order valence-corrected chi connectivity index (χ0v) is 14.2. The molecule has 1 amide bonds. The van der Waals surface area contributed by atoms with Crippen LogP contribution in [0, 0.1) is 6.92 Å². The van der Waals surface area contributed by atoms with Gasteiger partial charge in [0, 0.05) is 12.6 Å². The molecule has 2 aromatic heterocycles. The predicted octanol–water partition coefficient (Wildman–Crippen LogP) is 2.52. The van der Waals surface area contributed by atoms with Crippen LogP contribution in [0.1, 0.15) is 26.5 Å². The number of furan rings is 1. The number of carbonyl (C=O) groups is 2. The van der Waals surface area contributed by atoms with Gasteiger partial charge in [0.2, 0.25) is 0 Å². The van der Waals surface area contributed by atoms with Gasteiger partial charge in [-0.05, 0) is 25.1 Å². The second kappa shape index (κ2) is 6.31. The van der Waals surface area contributed by atoms with Gasteiger partial charge in [-0.2, -0.15) is 5.10 Å². The summed E-state index contributed by atoms with van der Waals surface area (Å²) in [5.74, 6) is -0.483. The molecule has 0 radical (unpaired) electrons. The SMILES string of the molecule is COC(=O)c1c(NC(=O)c2cc(OC)c3ccoc3c2)c(C)nn1C. The van der Waals surface area contributed by atoms with Crippen molar-refractivity contribution in [3.8, 4) is 5.75 Å². The van der Waals surface area contributed by atoms with E-state index < -0.39 is 11.9 Å². The quantitative estimate of drug-likeness (QED) is 0.731. The molecule has 0 bridgehead atoms. The fourth-order valence-corrected chi connectivity index (χ4v) is 2.66. The average molecular weight is 343 g/mol. The van der Waals surface area contributed by atoms with E-state index in [0.717, 1.165) is 5.39 Å². The van der Waals surface area contributed by atoms with E-state index in [9.17, 15) is 9.59 Å². The van der Waals surface area contributed by atoms with Crippen LogP contribution in [-0.2, 0) is 11.8 Å². The van der Waals surface area contributed by atoms with Gasteiger partial charge in [0.15, 0.2) is 5.69 Å². The molecule has 0 saturated heterocycles. The molecule has 0 aliphatic carbocycles. The molecule has 0 spiro atoms. The number of aromatic nitrogens is 2. The molecule has 0 aliphatic rings. The number of nitrogens with one attached hydrogen (secondary N) is 1. The number of hydrogen-bond acceptors (Lipinski definition) is 6. The number of fused-ring (bicyclic) bond motifs is 1. The highest BCUT2D eigenvalue weighted by Gasteiger charge is 2.23. The Labute approximate surface area is 143 Å². The summed E-state index contributed by atoms with van der Waals surface area (Å²) in [6.07, 6.45) is 1.52. The number of ether oxygens (including phenoxy) is 2. The minimum absolute atomic E-state index is 0.166. The third kappa shape index (κ3) is 2.82. The molecule has 0 aliphatic heterocycles. The lowest BCUT2D eigenvalue weighted by atomic mass is 10.1. The first kappa shape index (κ1) is 16.6. The minimum atomic E-state index is -0.586. The third-order valence-corrected chi connectivity index (χ3v) is 3.86. The topological polar surface area (TPSA) is 95.6 Å². The lowest BCUT2D eigenvalue weighted by molar-refractivity contribution is 0.0589. The number of hydrogen-bond donors (Lipinski definition) is 1. The maximum Gasteiger partial charge on any atom is 0.358 e. The number of methoxy groups -OCH3 is 2. The van der Waals surface area contributed by atoms with Crippen LogP contribution in [0.15, 0.2) is 28.9 Å². The molecule has 3 aromatic rings. The molecule has 0 saturated carbocycles. The van der Waals surface area contributed by atoms with Gasteiger partial charge in [0.25, 0.3) is 5.91 Å². The van der Waals surface area contributed by atoms with Crippen molar-refractivity contribution in [2.75, 3.05) is 19.5 Å². The molecule has 0 atom stereocenters. The smallest absolute Gasteiger partial charge is 0.358 e. The van der Waals surface area contributed by atoms with Crippen molar-refractivity contribution in [2.24, 2.45) is 7.05 Å². The highest BCUT2D eigenvalue weighted by atomic mass is 16.5. The summed E-state index contributed by atoms with van der Waals surface area (Å²) in [4.78, 5) is 24.6. The fourth-order valence-electron chi connectivity index (χ4n) is 2.66. The number of aryl methyl sites for hydroxylation is 2. The van der Waals surface area contributed by atoms with Crippen molar-refractivity contribution >= 4 is 28.5 Å². The fraction of sp³-hybridized carbons (Fsp3) is 0.235. The van der Waals surface area contributed by atoms with Crippen molar-refractivity contribution in [2.45, 2.75) is 6.92 Å². The van der Waals surface area contributed by atoms with Crippen LogP contribution in [0.4, 0.5) is 5.69 Å². The van der Waals surface area contributed by atoms with Gasteiger partial charge in [0.05, 0.1) is 37.3 Å². The van der Waals surface area contributed by atoms with Crippen molar-refractivity contribution in [3.63, 3.8) is 0 Å². The molecule has 130 valence electrons. The maximum atomic E-state index is 12.7. The zero-order chi connectivity index (χ0) is 18.1. The van der Waals surface area contributed by atoms with E-state index in [2.05, 4.69) is 10.4 Å². The van der Waals surface area contributed by atoms with Crippen molar-refractivity contribution in [1.29, 1.82) is 0 Å². The molecule has 0 fully saturated rings. The molecule has 0 unspecified atom stereocenters. The number of benzene rings is 1. The number of amides is 1. The highest BCUT2D eigenvalue weighted by molar-refractivity contribution is 6.09. The van der Waals surface area contributed by atoms with E-state index in [1.54, 1.807) is 32.2 Å². The first-order chi connectivity index (χ1) is 12.0. The van der Waals surface area contributed by atoms with Crippen LogP contribution in [0.5, 0.6) is 5.75 Å². The summed E-state index contributed by atoms with van der Waals surface area (Å²) in [6, 6.07) is 4.98. The van der Waals surface area contributed by atoms with E-state index in [-0.39, 0.29) is 5.69 Å². The first-order valence-corrected chi connectivity index (χ1v) is 7.44. The Morgan fingerprint density at radius 3 is 2.72 bits per heavy atom. The van der Waals surface area contributed by atoms with Crippen LogP contribution in [0.3, 0.4) is 0 Å². The van der Waals surface area contributed by atoms with Gasteiger partial charge in [-0.1, -0.05) is 0 Å². The number of rotatable bonds is 4. The minimum Gasteiger partial charge on any atom is -0.496 e. The van der Waals surface area contributed by atoms with Gasteiger partial charge in [-0.3, -0.25) is 9.48 Å². The van der Waals surface area contributed by atoms with Gasteiger partial charge in [-0.25, -0.2) is 4.79 Å². The molecule has 8 heteroatoms. The van der Waals surface area contributed by atoms with Crippen molar-refractivity contribution in [1.82, 2.24) is 9.78 Å². The maximum absolute atomic E-state index is 12.7. The Morgan fingerprint density at radius 2 is 2.04 bits per heavy atom. The molecular formula is C17H17N3O5. The van der Waals surface area contributed by atoms with Gasteiger partial charge < -0.3 is 19.2 Å². The zero-order valence-electron chi connectivity index (χ0n) is 14.2. The van der Waals surface area contributed by atoms with Gasteiger partial charge in [0.1, 0.15) is 11.3 Å². The van der Waals surface area contributed by atoms with Crippen molar-refractivity contribution < 1.29 is 23.5 Å². The van der Waals surface area contributed by atoms with E-state index in [1.807, 2.05) is 0 Å². The summed E-state index contributed by atoms with van der Waals surface area (Å²) < 4.78 is 16.8. The molecule has 25 heavy (non-hydrogen) atoms. The van der Waals surface area contributed by atoms with Crippen molar-refractivity contribution in [3.05, 3.63) is 41.4 Å². The standard InChI is InChI=1S/C17H17N3O5/c1-9-14(15(17(22)24-4)20(2)19-9)18-16(21)10-7-12(23-3)11-5-6-25-13(11)8-10/h5-8H,1-4H3,(H,18,21). The Morgan fingerprint density at radius 1 is 1.28 bits per heavy atom. The Bertz CT molecular complexity index is 970. The van der Waals surface area contributed by atoms with E-state index in [4.69, 9.17) is 13.9 Å². The summed E-state index contributed by atoms with van der Waals surface area (Å²) in [5, 5.41) is 7.65. The molecule has 3 rings (SSSR count). The largest absolute Gasteiger partial charge is 0.496 e. The van der Waals surface area contributed by atoms with E-state index in [1.165, 1.54) is 25.2 Å². The molecule has 8 nitrogen and oxygen atoms in total. The number of anilines is 1. The van der Waals surface area contributed by atoms with E-state index in [0.29, 0.717) is 28.3 Å². The first-order valence-electron chi connectivity index (χ1n) is 7.44. The van der Waals surface area contributed by atoms with Crippen LogP contribution in [0.25, 0.3) is 11.0 Å². The van der Waals surface area contributed by atoms with Gasteiger partial charge in [-0.15, -0.1) is 0 Å². The number of nitrogens with zero attached hydrogens (tertiary/aromatic N) is 2.